The number of hydrogen-bond donors (Lipinski definition) is 0. The first-order valence-electron chi connectivity index (χ1n) is 8.38. The summed E-state index contributed by atoms with van der Waals surface area (Å²) in [5, 5.41) is 2.77. The van der Waals surface area contributed by atoms with E-state index in [4.69, 9.17) is 4.43 Å². The molecule has 0 radical (unpaired) electrons. The van der Waals surface area contributed by atoms with Crippen LogP contribution in [0.15, 0.2) is 72.8 Å². The molecular formula is C21H26OSi. The fourth-order valence-corrected chi connectivity index (χ4v) is 8.03. The van der Waals surface area contributed by atoms with Crippen molar-refractivity contribution in [1.82, 2.24) is 0 Å². The average Bonchev–Trinajstić information content (AvgIpc) is 3.24. The normalized spacial score (nSPS) is 18.0. The van der Waals surface area contributed by atoms with Crippen molar-refractivity contribution in [3.63, 3.8) is 0 Å². The highest BCUT2D eigenvalue weighted by molar-refractivity contribution is 6.99. The summed E-state index contributed by atoms with van der Waals surface area (Å²) in [5.41, 5.74) is 1.34. The third kappa shape index (κ3) is 3.06. The van der Waals surface area contributed by atoms with Crippen molar-refractivity contribution in [1.29, 1.82) is 0 Å². The van der Waals surface area contributed by atoms with Crippen molar-refractivity contribution in [2.24, 2.45) is 5.92 Å². The van der Waals surface area contributed by atoms with Crippen LogP contribution in [0.3, 0.4) is 0 Å². The maximum atomic E-state index is 6.84. The lowest BCUT2D eigenvalue weighted by atomic mass is 10.2. The molecule has 0 saturated heterocycles. The Morgan fingerprint density at radius 3 is 1.74 bits per heavy atom. The van der Waals surface area contributed by atoms with Crippen LogP contribution in [-0.4, -0.2) is 14.9 Å². The van der Waals surface area contributed by atoms with E-state index in [9.17, 15) is 0 Å². The van der Waals surface area contributed by atoms with Gasteiger partial charge in [0.05, 0.1) is 0 Å². The number of rotatable bonds is 5. The molecule has 2 aromatic rings. The summed E-state index contributed by atoms with van der Waals surface area (Å²) >= 11 is 0. The SMILES string of the molecule is C=C1C[C@H]1CO[Si](c1ccccc1)(c1ccccc1)C(C)(C)C. The van der Waals surface area contributed by atoms with Crippen LogP contribution in [0.5, 0.6) is 0 Å². The smallest absolute Gasteiger partial charge is 0.261 e. The van der Waals surface area contributed by atoms with Crippen LogP contribution in [0.25, 0.3) is 0 Å². The standard InChI is InChI=1S/C21H26OSi/c1-17-15-18(17)16-22-23(21(2,3)4,19-11-7-5-8-12-19)20-13-9-6-10-14-20/h5-14,18H,1,15-16H2,2-4H3/t18-/m0/s1. The van der Waals surface area contributed by atoms with Gasteiger partial charge in [-0.2, -0.15) is 0 Å². The Morgan fingerprint density at radius 2 is 1.39 bits per heavy atom. The molecule has 1 aliphatic carbocycles. The quantitative estimate of drug-likeness (QED) is 0.594. The van der Waals surface area contributed by atoms with E-state index >= 15 is 0 Å². The summed E-state index contributed by atoms with van der Waals surface area (Å²) in [4.78, 5) is 0. The third-order valence-electron chi connectivity index (χ3n) is 4.84. The summed E-state index contributed by atoms with van der Waals surface area (Å²) in [5.74, 6) is 0.552. The lowest BCUT2D eigenvalue weighted by Gasteiger charge is -2.43. The van der Waals surface area contributed by atoms with Gasteiger partial charge in [0.2, 0.25) is 0 Å². The van der Waals surface area contributed by atoms with Crippen molar-refractivity contribution >= 4 is 18.7 Å². The molecule has 2 heteroatoms. The Hall–Kier alpha value is -1.64. The maximum Gasteiger partial charge on any atom is 0.261 e. The molecule has 0 bridgehead atoms. The lowest BCUT2D eigenvalue weighted by Crippen LogP contribution is -2.66. The fourth-order valence-electron chi connectivity index (χ4n) is 3.42. The highest BCUT2D eigenvalue weighted by Gasteiger charge is 2.50. The predicted molar refractivity (Wildman–Crippen MR) is 101 cm³/mol. The van der Waals surface area contributed by atoms with Crippen LogP contribution in [0.4, 0.5) is 0 Å². The Morgan fingerprint density at radius 1 is 0.957 bits per heavy atom. The van der Waals surface area contributed by atoms with Gasteiger partial charge in [-0.15, -0.1) is 0 Å². The molecule has 0 amide bonds. The van der Waals surface area contributed by atoms with Gasteiger partial charge in [-0.05, 0) is 21.8 Å². The van der Waals surface area contributed by atoms with Crippen molar-refractivity contribution in [2.45, 2.75) is 32.2 Å². The van der Waals surface area contributed by atoms with E-state index in [1.54, 1.807) is 0 Å². The van der Waals surface area contributed by atoms with E-state index in [2.05, 4.69) is 88.0 Å². The average molecular weight is 323 g/mol. The molecule has 0 aliphatic heterocycles. The van der Waals surface area contributed by atoms with Gasteiger partial charge in [0.1, 0.15) is 0 Å². The summed E-state index contributed by atoms with van der Waals surface area (Å²) in [6, 6.07) is 21.7. The topological polar surface area (TPSA) is 9.23 Å². The second kappa shape index (κ2) is 6.10. The summed E-state index contributed by atoms with van der Waals surface area (Å²) in [6.45, 7) is 11.9. The van der Waals surface area contributed by atoms with Gasteiger partial charge in [0, 0.05) is 12.5 Å². The molecule has 1 fully saturated rings. The van der Waals surface area contributed by atoms with Crippen LogP contribution in [-0.2, 0) is 4.43 Å². The van der Waals surface area contributed by atoms with Crippen molar-refractivity contribution in [3.8, 4) is 0 Å². The number of benzene rings is 2. The first-order valence-corrected chi connectivity index (χ1v) is 10.3. The molecule has 1 aliphatic rings. The largest absolute Gasteiger partial charge is 0.407 e. The summed E-state index contributed by atoms with van der Waals surface area (Å²) in [7, 11) is -2.34. The van der Waals surface area contributed by atoms with Gasteiger partial charge in [0.25, 0.3) is 8.32 Å². The molecule has 120 valence electrons. The Kier molecular flexibility index (Phi) is 4.30. The molecule has 2 aromatic carbocycles. The van der Waals surface area contributed by atoms with E-state index in [1.165, 1.54) is 15.9 Å². The lowest BCUT2D eigenvalue weighted by molar-refractivity contribution is 0.285. The zero-order valence-electron chi connectivity index (χ0n) is 14.4. The maximum absolute atomic E-state index is 6.84. The van der Waals surface area contributed by atoms with E-state index < -0.39 is 8.32 Å². The van der Waals surface area contributed by atoms with Crippen LogP contribution < -0.4 is 10.4 Å². The molecule has 23 heavy (non-hydrogen) atoms. The molecule has 0 unspecified atom stereocenters. The molecule has 0 spiro atoms. The van der Waals surface area contributed by atoms with E-state index in [1.807, 2.05) is 0 Å². The van der Waals surface area contributed by atoms with Crippen molar-refractivity contribution < 1.29 is 4.43 Å². The van der Waals surface area contributed by atoms with Crippen LogP contribution >= 0.6 is 0 Å². The van der Waals surface area contributed by atoms with Gasteiger partial charge in [-0.3, -0.25) is 0 Å². The minimum Gasteiger partial charge on any atom is -0.407 e. The molecular weight excluding hydrogens is 296 g/mol. The Bertz CT molecular complexity index is 630. The first-order chi connectivity index (χ1) is 10.9. The van der Waals surface area contributed by atoms with E-state index in [0.29, 0.717) is 5.92 Å². The van der Waals surface area contributed by atoms with Gasteiger partial charge in [-0.1, -0.05) is 93.6 Å². The van der Waals surface area contributed by atoms with Crippen molar-refractivity contribution in [3.05, 3.63) is 72.8 Å². The first kappa shape index (κ1) is 16.2. The monoisotopic (exact) mass is 322 g/mol. The minimum atomic E-state index is -2.34. The highest BCUT2D eigenvalue weighted by atomic mass is 28.4. The van der Waals surface area contributed by atoms with E-state index in [0.717, 1.165) is 13.0 Å². The molecule has 1 atom stereocenters. The van der Waals surface area contributed by atoms with Crippen LogP contribution in [0.1, 0.15) is 27.2 Å². The van der Waals surface area contributed by atoms with Crippen LogP contribution in [0.2, 0.25) is 5.04 Å². The van der Waals surface area contributed by atoms with Gasteiger partial charge >= 0.3 is 0 Å². The van der Waals surface area contributed by atoms with Crippen molar-refractivity contribution in [2.75, 3.05) is 6.61 Å². The molecule has 1 saturated carbocycles. The third-order valence-corrected chi connectivity index (χ3v) is 9.85. The zero-order valence-corrected chi connectivity index (χ0v) is 15.4. The molecule has 0 aromatic heterocycles. The molecule has 3 rings (SSSR count). The van der Waals surface area contributed by atoms with E-state index in [-0.39, 0.29) is 5.04 Å². The van der Waals surface area contributed by atoms with Gasteiger partial charge in [0.15, 0.2) is 0 Å². The molecule has 0 heterocycles. The predicted octanol–water partition coefficient (Wildman–Crippen LogP) is 4.14. The second-order valence-electron chi connectivity index (χ2n) is 7.53. The Balaban J connectivity index is 2.10. The summed E-state index contributed by atoms with van der Waals surface area (Å²) in [6.07, 6.45) is 1.12. The number of hydrogen-bond acceptors (Lipinski definition) is 1. The van der Waals surface area contributed by atoms with Gasteiger partial charge in [-0.25, -0.2) is 0 Å². The zero-order chi connectivity index (χ0) is 16.5. The highest BCUT2D eigenvalue weighted by Crippen LogP contribution is 2.41. The second-order valence-corrected chi connectivity index (χ2v) is 11.8. The molecule has 0 N–H and O–H groups in total. The molecule has 1 nitrogen and oxygen atoms in total. The Labute approximate surface area is 141 Å². The summed E-state index contributed by atoms with van der Waals surface area (Å²) < 4.78 is 6.84. The van der Waals surface area contributed by atoms with Gasteiger partial charge < -0.3 is 4.43 Å². The van der Waals surface area contributed by atoms with Crippen LogP contribution in [0, 0.1) is 5.92 Å². The fraction of sp³-hybridized carbons (Fsp3) is 0.333. The minimum absolute atomic E-state index is 0.0614.